The summed E-state index contributed by atoms with van der Waals surface area (Å²) in [7, 11) is 0. The molecule has 0 radical (unpaired) electrons. The fourth-order valence-corrected chi connectivity index (χ4v) is 3.31. The Morgan fingerprint density at radius 2 is 1.88 bits per heavy atom. The van der Waals surface area contributed by atoms with E-state index >= 15 is 0 Å². The Balaban J connectivity index is 1.54. The largest absolute Gasteiger partial charge is 0.338 e. The Morgan fingerprint density at radius 3 is 2.65 bits per heavy atom. The van der Waals surface area contributed by atoms with Crippen LogP contribution in [0, 0.1) is 0 Å². The summed E-state index contributed by atoms with van der Waals surface area (Å²) in [5.41, 5.74) is 2.50. The highest BCUT2D eigenvalue weighted by atomic mass is 16.2. The summed E-state index contributed by atoms with van der Waals surface area (Å²) in [6.45, 7) is 1.43. The Kier molecular flexibility index (Phi) is 4.64. The number of likely N-dealkylation sites (tertiary alicyclic amines) is 1. The lowest BCUT2D eigenvalue weighted by molar-refractivity contribution is 0.0705. The number of carbonyl (C=O) groups excluding carboxylic acids is 1. The SMILES string of the molecule is O=C(c1cccnc1)N1CCCC(c2ccnc(-c3cccnc3)n2)C1. The maximum Gasteiger partial charge on any atom is 0.255 e. The molecule has 26 heavy (non-hydrogen) atoms. The topological polar surface area (TPSA) is 71.9 Å². The van der Waals surface area contributed by atoms with E-state index in [9.17, 15) is 4.79 Å². The third-order valence-electron chi connectivity index (χ3n) is 4.63. The van der Waals surface area contributed by atoms with Gasteiger partial charge in [-0.3, -0.25) is 14.8 Å². The van der Waals surface area contributed by atoms with Crippen LogP contribution in [0.25, 0.3) is 11.4 Å². The van der Waals surface area contributed by atoms with Gasteiger partial charge in [-0.1, -0.05) is 0 Å². The van der Waals surface area contributed by atoms with Gasteiger partial charge in [0.1, 0.15) is 0 Å². The van der Waals surface area contributed by atoms with Crippen LogP contribution in [0.4, 0.5) is 0 Å². The minimum absolute atomic E-state index is 0.0318. The maximum atomic E-state index is 12.7. The van der Waals surface area contributed by atoms with Gasteiger partial charge in [-0.2, -0.15) is 0 Å². The predicted molar refractivity (Wildman–Crippen MR) is 97.4 cm³/mol. The smallest absolute Gasteiger partial charge is 0.255 e. The highest BCUT2D eigenvalue weighted by Gasteiger charge is 2.26. The van der Waals surface area contributed by atoms with Gasteiger partial charge in [-0.15, -0.1) is 0 Å². The Bertz CT molecular complexity index is 885. The van der Waals surface area contributed by atoms with Crippen molar-refractivity contribution in [2.75, 3.05) is 13.1 Å². The highest BCUT2D eigenvalue weighted by Crippen LogP contribution is 2.27. The molecule has 1 aliphatic heterocycles. The van der Waals surface area contributed by atoms with Gasteiger partial charge in [0, 0.05) is 61.2 Å². The standard InChI is InChI=1S/C20H19N5O/c26-20(16-5-2-9-22-13-16)25-11-3-6-17(14-25)18-7-10-23-19(24-18)15-4-1-8-21-12-15/h1-2,4-5,7-10,12-13,17H,3,6,11,14H2. The first-order valence-corrected chi connectivity index (χ1v) is 8.74. The molecule has 0 saturated carbocycles. The van der Waals surface area contributed by atoms with Gasteiger partial charge in [0.25, 0.3) is 5.91 Å². The average Bonchev–Trinajstić information content (AvgIpc) is 2.75. The van der Waals surface area contributed by atoms with Crippen LogP contribution < -0.4 is 0 Å². The van der Waals surface area contributed by atoms with Crippen LogP contribution in [-0.2, 0) is 0 Å². The molecule has 0 N–H and O–H groups in total. The van der Waals surface area contributed by atoms with Crippen LogP contribution in [0.5, 0.6) is 0 Å². The van der Waals surface area contributed by atoms with Crippen LogP contribution in [-0.4, -0.2) is 43.8 Å². The van der Waals surface area contributed by atoms with Gasteiger partial charge >= 0.3 is 0 Å². The molecule has 3 aromatic heterocycles. The third-order valence-corrected chi connectivity index (χ3v) is 4.63. The number of piperidine rings is 1. The van der Waals surface area contributed by atoms with Crippen molar-refractivity contribution in [2.24, 2.45) is 0 Å². The Morgan fingerprint density at radius 1 is 1.04 bits per heavy atom. The van der Waals surface area contributed by atoms with Crippen molar-refractivity contribution in [1.82, 2.24) is 24.8 Å². The lowest BCUT2D eigenvalue weighted by atomic mass is 9.94. The van der Waals surface area contributed by atoms with Crippen LogP contribution in [0.15, 0.2) is 61.3 Å². The van der Waals surface area contributed by atoms with Crippen LogP contribution in [0.2, 0.25) is 0 Å². The quantitative estimate of drug-likeness (QED) is 0.730. The van der Waals surface area contributed by atoms with E-state index < -0.39 is 0 Å². The van der Waals surface area contributed by atoms with E-state index in [1.54, 1.807) is 37.1 Å². The van der Waals surface area contributed by atoms with Crippen molar-refractivity contribution in [3.8, 4) is 11.4 Å². The van der Waals surface area contributed by atoms with Crippen molar-refractivity contribution in [1.29, 1.82) is 0 Å². The first kappa shape index (κ1) is 16.3. The molecule has 6 heteroatoms. The predicted octanol–water partition coefficient (Wildman–Crippen LogP) is 2.95. The molecular formula is C20H19N5O. The summed E-state index contributed by atoms with van der Waals surface area (Å²) < 4.78 is 0. The maximum absolute atomic E-state index is 12.7. The third kappa shape index (κ3) is 3.44. The Hall–Kier alpha value is -3.15. The molecule has 0 spiro atoms. The monoisotopic (exact) mass is 345 g/mol. The summed E-state index contributed by atoms with van der Waals surface area (Å²) in [4.78, 5) is 31.9. The van der Waals surface area contributed by atoms with E-state index in [2.05, 4.69) is 15.0 Å². The molecule has 130 valence electrons. The van der Waals surface area contributed by atoms with E-state index in [1.165, 1.54) is 0 Å². The number of hydrogen-bond donors (Lipinski definition) is 0. The zero-order valence-electron chi connectivity index (χ0n) is 14.3. The van der Waals surface area contributed by atoms with Gasteiger partial charge in [-0.25, -0.2) is 9.97 Å². The molecule has 1 aliphatic rings. The van der Waals surface area contributed by atoms with E-state index in [1.807, 2.05) is 29.2 Å². The summed E-state index contributed by atoms with van der Waals surface area (Å²) >= 11 is 0. The molecule has 4 heterocycles. The second-order valence-electron chi connectivity index (χ2n) is 6.38. The fraction of sp³-hybridized carbons (Fsp3) is 0.250. The van der Waals surface area contributed by atoms with Gasteiger partial charge in [0.15, 0.2) is 5.82 Å². The minimum atomic E-state index is 0.0318. The molecule has 1 atom stereocenters. The number of aromatic nitrogens is 4. The van der Waals surface area contributed by atoms with Crippen molar-refractivity contribution < 1.29 is 4.79 Å². The fourth-order valence-electron chi connectivity index (χ4n) is 3.31. The van der Waals surface area contributed by atoms with Crippen LogP contribution in [0.1, 0.15) is 34.8 Å². The van der Waals surface area contributed by atoms with Crippen LogP contribution >= 0.6 is 0 Å². The molecular weight excluding hydrogens is 326 g/mol. The van der Waals surface area contributed by atoms with Gasteiger partial charge < -0.3 is 4.90 Å². The van der Waals surface area contributed by atoms with E-state index in [4.69, 9.17) is 4.98 Å². The zero-order valence-corrected chi connectivity index (χ0v) is 14.3. The summed E-state index contributed by atoms with van der Waals surface area (Å²) in [6, 6.07) is 9.37. The summed E-state index contributed by atoms with van der Waals surface area (Å²) in [5.74, 6) is 0.915. The van der Waals surface area contributed by atoms with E-state index in [0.29, 0.717) is 17.9 Å². The normalized spacial score (nSPS) is 17.1. The van der Waals surface area contributed by atoms with E-state index in [-0.39, 0.29) is 11.8 Å². The number of pyridine rings is 2. The molecule has 0 aliphatic carbocycles. The first-order valence-electron chi connectivity index (χ1n) is 8.74. The molecule has 6 nitrogen and oxygen atoms in total. The second-order valence-corrected chi connectivity index (χ2v) is 6.38. The number of hydrogen-bond acceptors (Lipinski definition) is 5. The number of amides is 1. The number of rotatable bonds is 3. The van der Waals surface area contributed by atoms with Crippen molar-refractivity contribution >= 4 is 5.91 Å². The zero-order chi connectivity index (χ0) is 17.8. The minimum Gasteiger partial charge on any atom is -0.338 e. The molecule has 1 amide bonds. The summed E-state index contributed by atoms with van der Waals surface area (Å²) in [5, 5.41) is 0. The molecule has 1 saturated heterocycles. The molecule has 0 bridgehead atoms. The van der Waals surface area contributed by atoms with Gasteiger partial charge in [0.2, 0.25) is 0 Å². The van der Waals surface area contributed by atoms with Crippen LogP contribution in [0.3, 0.4) is 0 Å². The highest BCUT2D eigenvalue weighted by molar-refractivity contribution is 5.94. The lowest BCUT2D eigenvalue weighted by Crippen LogP contribution is -2.39. The summed E-state index contributed by atoms with van der Waals surface area (Å²) in [6.07, 6.45) is 10.6. The number of carbonyl (C=O) groups is 1. The molecule has 4 rings (SSSR count). The average molecular weight is 345 g/mol. The van der Waals surface area contributed by atoms with Crippen molar-refractivity contribution in [3.05, 3.63) is 72.6 Å². The lowest BCUT2D eigenvalue weighted by Gasteiger charge is -2.32. The van der Waals surface area contributed by atoms with Crippen molar-refractivity contribution in [3.63, 3.8) is 0 Å². The number of nitrogens with zero attached hydrogens (tertiary/aromatic N) is 5. The van der Waals surface area contributed by atoms with Gasteiger partial charge in [-0.05, 0) is 43.2 Å². The Labute approximate surface area is 152 Å². The van der Waals surface area contributed by atoms with Gasteiger partial charge in [0.05, 0.1) is 5.56 Å². The van der Waals surface area contributed by atoms with Crippen molar-refractivity contribution in [2.45, 2.75) is 18.8 Å². The molecule has 0 aromatic carbocycles. The molecule has 3 aromatic rings. The molecule has 1 unspecified atom stereocenters. The van der Waals surface area contributed by atoms with E-state index in [0.717, 1.165) is 30.6 Å². The first-order chi connectivity index (χ1) is 12.8. The second kappa shape index (κ2) is 7.39. The molecule has 1 fully saturated rings.